The smallest absolute Gasteiger partial charge is 0.390 e. The maximum atomic E-state index is 11.8. The zero-order valence-electron chi connectivity index (χ0n) is 9.46. The molecule has 96 valence electrons. The van der Waals surface area contributed by atoms with Crippen molar-refractivity contribution in [2.75, 3.05) is 13.2 Å². The maximum absolute atomic E-state index is 11.8. The average Bonchev–Trinajstić information content (AvgIpc) is 2.15. The van der Waals surface area contributed by atoms with E-state index in [0.29, 0.717) is 5.92 Å². The summed E-state index contributed by atoms with van der Waals surface area (Å²) in [4.78, 5) is 0. The van der Waals surface area contributed by atoms with Crippen LogP contribution in [0, 0.1) is 11.8 Å². The van der Waals surface area contributed by atoms with Gasteiger partial charge in [0.05, 0.1) is 12.7 Å². The monoisotopic (exact) mass is 240 g/mol. The predicted octanol–water partition coefficient (Wildman–Crippen LogP) is 2.75. The zero-order chi connectivity index (χ0) is 12.2. The first kappa shape index (κ1) is 13.8. The summed E-state index contributed by atoms with van der Waals surface area (Å²) < 4.78 is 39.9. The first-order valence-electron chi connectivity index (χ1n) is 5.71. The van der Waals surface area contributed by atoms with Crippen LogP contribution in [0.25, 0.3) is 0 Å². The molecular formula is C11H19F3O2. The fourth-order valence-electron chi connectivity index (χ4n) is 2.26. The van der Waals surface area contributed by atoms with Crippen LogP contribution in [0.3, 0.4) is 0 Å². The normalized spacial score (nSPS) is 29.1. The molecule has 0 aromatic carbocycles. The summed E-state index contributed by atoms with van der Waals surface area (Å²) in [5, 5.41) is 9.70. The van der Waals surface area contributed by atoms with E-state index in [2.05, 4.69) is 11.7 Å². The van der Waals surface area contributed by atoms with Gasteiger partial charge in [0, 0.05) is 0 Å². The standard InChI is InChI=1S/C11H19F3O2/c1-8-3-2-4-9(5-8)10(15)6-16-7-11(12,13)14/h8-10,15H,2-7H2,1H3. The maximum Gasteiger partial charge on any atom is 0.411 e. The molecule has 0 amide bonds. The van der Waals surface area contributed by atoms with Crippen molar-refractivity contribution in [1.29, 1.82) is 0 Å². The quantitative estimate of drug-likeness (QED) is 0.818. The molecule has 1 rings (SSSR count). The number of aliphatic hydroxyl groups is 1. The van der Waals surface area contributed by atoms with Gasteiger partial charge in [0.25, 0.3) is 0 Å². The Morgan fingerprint density at radius 1 is 1.38 bits per heavy atom. The minimum absolute atomic E-state index is 0.0944. The summed E-state index contributed by atoms with van der Waals surface area (Å²) in [7, 11) is 0. The largest absolute Gasteiger partial charge is 0.411 e. The molecule has 3 atom stereocenters. The molecule has 0 aromatic rings. The molecule has 16 heavy (non-hydrogen) atoms. The molecule has 0 bridgehead atoms. The van der Waals surface area contributed by atoms with Gasteiger partial charge in [0.1, 0.15) is 6.61 Å². The van der Waals surface area contributed by atoms with Crippen LogP contribution in [0.15, 0.2) is 0 Å². The number of aliphatic hydroxyl groups excluding tert-OH is 1. The van der Waals surface area contributed by atoms with Crippen LogP contribution in [-0.4, -0.2) is 30.6 Å². The number of rotatable bonds is 4. The highest BCUT2D eigenvalue weighted by atomic mass is 19.4. The first-order valence-corrected chi connectivity index (χ1v) is 5.71. The van der Waals surface area contributed by atoms with Crippen LogP contribution in [0.2, 0.25) is 0 Å². The second kappa shape index (κ2) is 5.87. The van der Waals surface area contributed by atoms with Gasteiger partial charge in [-0.05, 0) is 24.7 Å². The summed E-state index contributed by atoms with van der Waals surface area (Å²) in [6.07, 6.45) is -1.10. The molecule has 3 unspecified atom stereocenters. The Hall–Kier alpha value is -0.290. The molecule has 1 N–H and O–H groups in total. The van der Waals surface area contributed by atoms with Gasteiger partial charge >= 0.3 is 6.18 Å². The Morgan fingerprint density at radius 2 is 2.06 bits per heavy atom. The van der Waals surface area contributed by atoms with E-state index in [-0.39, 0.29) is 12.5 Å². The van der Waals surface area contributed by atoms with Gasteiger partial charge in [-0.1, -0.05) is 19.8 Å². The van der Waals surface area contributed by atoms with Crippen LogP contribution in [0.4, 0.5) is 13.2 Å². The van der Waals surface area contributed by atoms with Crippen molar-refractivity contribution in [3.05, 3.63) is 0 Å². The minimum atomic E-state index is -4.31. The summed E-state index contributed by atoms with van der Waals surface area (Å²) in [5.41, 5.74) is 0. The second-order valence-electron chi connectivity index (χ2n) is 4.73. The topological polar surface area (TPSA) is 29.5 Å². The first-order chi connectivity index (χ1) is 7.38. The van der Waals surface area contributed by atoms with Gasteiger partial charge < -0.3 is 9.84 Å². The molecule has 0 radical (unpaired) electrons. The highest BCUT2D eigenvalue weighted by Crippen LogP contribution is 2.31. The fraction of sp³-hybridized carbons (Fsp3) is 1.00. The number of hydrogen-bond donors (Lipinski definition) is 1. The van der Waals surface area contributed by atoms with Crippen LogP contribution in [0.5, 0.6) is 0 Å². The average molecular weight is 240 g/mol. The predicted molar refractivity (Wildman–Crippen MR) is 54.0 cm³/mol. The Balaban J connectivity index is 2.21. The van der Waals surface area contributed by atoms with Crippen LogP contribution in [-0.2, 0) is 4.74 Å². The molecule has 1 saturated carbocycles. The third-order valence-electron chi connectivity index (χ3n) is 3.08. The molecule has 0 aliphatic heterocycles. The second-order valence-corrected chi connectivity index (χ2v) is 4.73. The van der Waals surface area contributed by atoms with E-state index in [1.54, 1.807) is 0 Å². The number of alkyl halides is 3. The van der Waals surface area contributed by atoms with E-state index >= 15 is 0 Å². The van der Waals surface area contributed by atoms with Crippen molar-refractivity contribution in [2.24, 2.45) is 11.8 Å². The minimum Gasteiger partial charge on any atom is -0.390 e. The Morgan fingerprint density at radius 3 is 2.62 bits per heavy atom. The van der Waals surface area contributed by atoms with Crippen molar-refractivity contribution in [3.8, 4) is 0 Å². The third-order valence-corrected chi connectivity index (χ3v) is 3.08. The van der Waals surface area contributed by atoms with E-state index in [4.69, 9.17) is 0 Å². The number of halogens is 3. The van der Waals surface area contributed by atoms with Gasteiger partial charge in [-0.2, -0.15) is 13.2 Å². The van der Waals surface area contributed by atoms with Crippen molar-refractivity contribution in [2.45, 2.75) is 44.9 Å². The van der Waals surface area contributed by atoms with Gasteiger partial charge in [-0.15, -0.1) is 0 Å². The van der Waals surface area contributed by atoms with Gasteiger partial charge in [-0.25, -0.2) is 0 Å². The van der Waals surface area contributed by atoms with Crippen LogP contribution < -0.4 is 0 Å². The van der Waals surface area contributed by atoms with E-state index in [1.807, 2.05) is 0 Å². The number of ether oxygens (including phenoxy) is 1. The summed E-state index contributed by atoms with van der Waals surface area (Å²) in [6, 6.07) is 0. The fourth-order valence-corrected chi connectivity index (χ4v) is 2.26. The number of hydrogen-bond acceptors (Lipinski definition) is 2. The SMILES string of the molecule is CC1CCCC(C(O)COCC(F)(F)F)C1. The van der Waals surface area contributed by atoms with E-state index in [9.17, 15) is 18.3 Å². The zero-order valence-corrected chi connectivity index (χ0v) is 9.46. The molecule has 2 nitrogen and oxygen atoms in total. The lowest BCUT2D eigenvalue weighted by Gasteiger charge is -2.30. The lowest BCUT2D eigenvalue weighted by molar-refractivity contribution is -0.181. The molecule has 1 fully saturated rings. The Bertz CT molecular complexity index is 206. The van der Waals surface area contributed by atoms with Crippen molar-refractivity contribution in [1.82, 2.24) is 0 Å². The molecule has 0 spiro atoms. The lowest BCUT2D eigenvalue weighted by atomic mass is 9.80. The summed E-state index contributed by atoms with van der Waals surface area (Å²) >= 11 is 0. The van der Waals surface area contributed by atoms with Gasteiger partial charge in [0.2, 0.25) is 0 Å². The van der Waals surface area contributed by atoms with Crippen molar-refractivity contribution >= 4 is 0 Å². The van der Waals surface area contributed by atoms with Crippen LogP contribution >= 0.6 is 0 Å². The molecule has 0 saturated heterocycles. The summed E-state index contributed by atoms with van der Waals surface area (Å²) in [5.74, 6) is 0.646. The molecule has 5 heteroatoms. The van der Waals surface area contributed by atoms with Gasteiger partial charge in [0.15, 0.2) is 0 Å². The molecule has 1 aliphatic carbocycles. The third kappa shape index (κ3) is 5.16. The van der Waals surface area contributed by atoms with E-state index in [0.717, 1.165) is 25.7 Å². The van der Waals surface area contributed by atoms with Gasteiger partial charge in [-0.3, -0.25) is 0 Å². The molecule has 0 heterocycles. The van der Waals surface area contributed by atoms with E-state index in [1.165, 1.54) is 0 Å². The van der Waals surface area contributed by atoms with Crippen LogP contribution in [0.1, 0.15) is 32.6 Å². The van der Waals surface area contributed by atoms with Crippen molar-refractivity contribution in [3.63, 3.8) is 0 Å². The van der Waals surface area contributed by atoms with E-state index < -0.39 is 18.9 Å². The molecular weight excluding hydrogens is 221 g/mol. The Labute approximate surface area is 93.8 Å². The lowest BCUT2D eigenvalue weighted by Crippen LogP contribution is -2.31. The van der Waals surface area contributed by atoms with Crippen molar-refractivity contribution < 1.29 is 23.0 Å². The Kier molecular flexibility index (Phi) is 5.05. The highest BCUT2D eigenvalue weighted by Gasteiger charge is 2.30. The molecule has 0 aromatic heterocycles. The molecule has 1 aliphatic rings. The summed E-state index contributed by atoms with van der Waals surface area (Å²) in [6.45, 7) is 0.624. The highest BCUT2D eigenvalue weighted by molar-refractivity contribution is 4.76.